The fourth-order valence-electron chi connectivity index (χ4n) is 2.69. The van der Waals surface area contributed by atoms with Crippen molar-refractivity contribution in [1.82, 2.24) is 0 Å². The molecule has 0 fully saturated rings. The molecule has 0 atom stereocenters. The second-order valence-electron chi connectivity index (χ2n) is 5.96. The van der Waals surface area contributed by atoms with E-state index in [1.807, 2.05) is 54.6 Å². The van der Waals surface area contributed by atoms with E-state index in [1.54, 1.807) is 0 Å². The summed E-state index contributed by atoms with van der Waals surface area (Å²) in [5.74, 6) is 0.0515. The normalized spacial score (nSPS) is 10.4. The molecule has 0 aliphatic rings. The van der Waals surface area contributed by atoms with Crippen LogP contribution in [0.5, 0.6) is 0 Å². The number of carbonyl (C=O) groups excluding carboxylic acids is 1. The van der Waals surface area contributed by atoms with Crippen LogP contribution < -0.4 is 0 Å². The van der Waals surface area contributed by atoms with Gasteiger partial charge in [-0.2, -0.15) is 0 Å². The SMILES string of the molecule is C=CCc1ccc(C(=O)c2ccc(-c3ccc(C)cc3)cc2)cc1. The number of aryl methyl sites for hydroxylation is 1. The zero-order valence-electron chi connectivity index (χ0n) is 13.8. The molecule has 3 aromatic carbocycles. The van der Waals surface area contributed by atoms with Gasteiger partial charge in [-0.15, -0.1) is 6.58 Å². The van der Waals surface area contributed by atoms with E-state index in [2.05, 4.69) is 37.8 Å². The van der Waals surface area contributed by atoms with Gasteiger partial charge in [0.05, 0.1) is 0 Å². The molecule has 0 saturated heterocycles. The second-order valence-corrected chi connectivity index (χ2v) is 5.96. The van der Waals surface area contributed by atoms with Gasteiger partial charge in [0.15, 0.2) is 5.78 Å². The number of allylic oxidation sites excluding steroid dienone is 1. The van der Waals surface area contributed by atoms with E-state index in [-0.39, 0.29) is 5.78 Å². The van der Waals surface area contributed by atoms with E-state index in [9.17, 15) is 4.79 Å². The van der Waals surface area contributed by atoms with E-state index >= 15 is 0 Å². The van der Waals surface area contributed by atoms with Crippen molar-refractivity contribution >= 4 is 5.78 Å². The minimum Gasteiger partial charge on any atom is -0.289 e. The summed E-state index contributed by atoms with van der Waals surface area (Å²) in [4.78, 5) is 12.6. The summed E-state index contributed by atoms with van der Waals surface area (Å²) in [5, 5.41) is 0. The third-order valence-electron chi connectivity index (χ3n) is 4.13. The lowest BCUT2D eigenvalue weighted by Gasteiger charge is -2.06. The lowest BCUT2D eigenvalue weighted by molar-refractivity contribution is 0.103. The molecule has 0 aliphatic carbocycles. The monoisotopic (exact) mass is 312 g/mol. The highest BCUT2D eigenvalue weighted by Gasteiger charge is 2.09. The number of carbonyl (C=O) groups is 1. The van der Waals surface area contributed by atoms with Crippen LogP contribution in [0, 0.1) is 6.92 Å². The highest BCUT2D eigenvalue weighted by molar-refractivity contribution is 6.09. The molecule has 0 saturated carbocycles. The minimum absolute atomic E-state index is 0.0515. The van der Waals surface area contributed by atoms with E-state index in [1.165, 1.54) is 5.56 Å². The quantitative estimate of drug-likeness (QED) is 0.441. The molecule has 0 unspecified atom stereocenters. The molecule has 118 valence electrons. The summed E-state index contributed by atoms with van der Waals surface area (Å²) in [7, 11) is 0. The van der Waals surface area contributed by atoms with Crippen LogP contribution in [0.4, 0.5) is 0 Å². The Balaban J connectivity index is 1.80. The zero-order chi connectivity index (χ0) is 16.9. The first-order valence-electron chi connectivity index (χ1n) is 8.09. The molecule has 24 heavy (non-hydrogen) atoms. The van der Waals surface area contributed by atoms with Crippen LogP contribution in [0.3, 0.4) is 0 Å². The molecule has 0 aromatic heterocycles. The molecule has 1 heteroatoms. The number of rotatable bonds is 5. The van der Waals surface area contributed by atoms with Crippen LogP contribution in [-0.2, 0) is 6.42 Å². The first-order valence-corrected chi connectivity index (χ1v) is 8.09. The Morgan fingerprint density at radius 3 is 1.75 bits per heavy atom. The molecule has 0 bridgehead atoms. The summed E-state index contributed by atoms with van der Waals surface area (Å²) in [6.45, 7) is 5.81. The fraction of sp³-hybridized carbons (Fsp3) is 0.0870. The Labute approximate surface area is 143 Å². The summed E-state index contributed by atoms with van der Waals surface area (Å²) in [6.07, 6.45) is 2.68. The molecule has 0 heterocycles. The topological polar surface area (TPSA) is 17.1 Å². The lowest BCUT2D eigenvalue weighted by atomic mass is 9.98. The average molecular weight is 312 g/mol. The average Bonchev–Trinajstić information content (AvgIpc) is 2.63. The molecular weight excluding hydrogens is 292 g/mol. The van der Waals surface area contributed by atoms with Crippen LogP contribution in [0.25, 0.3) is 11.1 Å². The summed E-state index contributed by atoms with van der Waals surface area (Å²) < 4.78 is 0. The van der Waals surface area contributed by atoms with Crippen LogP contribution in [-0.4, -0.2) is 5.78 Å². The summed E-state index contributed by atoms with van der Waals surface area (Å²) in [6, 6.07) is 23.9. The van der Waals surface area contributed by atoms with Crippen molar-refractivity contribution in [3.05, 3.63) is 108 Å². The van der Waals surface area contributed by atoms with Crippen molar-refractivity contribution in [3.8, 4) is 11.1 Å². The minimum atomic E-state index is 0.0515. The van der Waals surface area contributed by atoms with Gasteiger partial charge in [-0.3, -0.25) is 4.79 Å². The molecule has 0 spiro atoms. The van der Waals surface area contributed by atoms with Crippen molar-refractivity contribution in [2.75, 3.05) is 0 Å². The zero-order valence-corrected chi connectivity index (χ0v) is 13.8. The molecule has 3 aromatic rings. The molecule has 0 N–H and O–H groups in total. The number of benzene rings is 3. The van der Waals surface area contributed by atoms with Gasteiger partial charge in [-0.1, -0.05) is 84.4 Å². The van der Waals surface area contributed by atoms with Crippen LogP contribution in [0.1, 0.15) is 27.0 Å². The first-order chi connectivity index (χ1) is 11.7. The van der Waals surface area contributed by atoms with Crippen molar-refractivity contribution in [1.29, 1.82) is 0 Å². The van der Waals surface area contributed by atoms with Crippen LogP contribution in [0.15, 0.2) is 85.5 Å². The van der Waals surface area contributed by atoms with Crippen molar-refractivity contribution in [2.45, 2.75) is 13.3 Å². The van der Waals surface area contributed by atoms with Gasteiger partial charge in [0.25, 0.3) is 0 Å². The molecule has 1 nitrogen and oxygen atoms in total. The van der Waals surface area contributed by atoms with Gasteiger partial charge in [-0.05, 0) is 30.0 Å². The maximum absolute atomic E-state index is 12.6. The van der Waals surface area contributed by atoms with E-state index in [4.69, 9.17) is 0 Å². The Hall–Kier alpha value is -2.93. The van der Waals surface area contributed by atoms with Gasteiger partial charge in [0.1, 0.15) is 0 Å². The predicted molar refractivity (Wildman–Crippen MR) is 100 cm³/mol. The van der Waals surface area contributed by atoms with Crippen molar-refractivity contribution < 1.29 is 4.79 Å². The maximum atomic E-state index is 12.6. The Kier molecular flexibility index (Phi) is 4.72. The molecule has 0 radical (unpaired) electrons. The Morgan fingerprint density at radius 2 is 1.25 bits per heavy atom. The van der Waals surface area contributed by atoms with Gasteiger partial charge in [-0.25, -0.2) is 0 Å². The van der Waals surface area contributed by atoms with Crippen molar-refractivity contribution in [3.63, 3.8) is 0 Å². The number of hydrogen-bond donors (Lipinski definition) is 0. The largest absolute Gasteiger partial charge is 0.289 e. The van der Waals surface area contributed by atoms with E-state index in [0.717, 1.165) is 23.1 Å². The van der Waals surface area contributed by atoms with Gasteiger partial charge < -0.3 is 0 Å². The van der Waals surface area contributed by atoms with Gasteiger partial charge in [0, 0.05) is 11.1 Å². The third kappa shape index (κ3) is 3.52. The highest BCUT2D eigenvalue weighted by Crippen LogP contribution is 2.21. The van der Waals surface area contributed by atoms with E-state index < -0.39 is 0 Å². The maximum Gasteiger partial charge on any atom is 0.193 e. The standard InChI is InChI=1S/C23H20O/c1-3-4-18-7-11-21(12-8-18)23(24)22-15-13-20(14-16-22)19-9-5-17(2)6-10-19/h3,5-16H,1,4H2,2H3. The molecular formula is C23H20O. The first kappa shape index (κ1) is 15.9. The Bertz CT molecular complexity index is 838. The summed E-state index contributed by atoms with van der Waals surface area (Å²) >= 11 is 0. The number of hydrogen-bond acceptors (Lipinski definition) is 1. The van der Waals surface area contributed by atoms with E-state index in [0.29, 0.717) is 11.1 Å². The Morgan fingerprint density at radius 1 is 0.792 bits per heavy atom. The van der Waals surface area contributed by atoms with Crippen LogP contribution in [0.2, 0.25) is 0 Å². The third-order valence-corrected chi connectivity index (χ3v) is 4.13. The fourth-order valence-corrected chi connectivity index (χ4v) is 2.69. The van der Waals surface area contributed by atoms with Crippen LogP contribution >= 0.6 is 0 Å². The van der Waals surface area contributed by atoms with Crippen molar-refractivity contribution in [2.24, 2.45) is 0 Å². The predicted octanol–water partition coefficient (Wildman–Crippen LogP) is 5.62. The second kappa shape index (κ2) is 7.10. The number of ketones is 1. The molecule has 0 aliphatic heterocycles. The smallest absolute Gasteiger partial charge is 0.193 e. The molecule has 3 rings (SSSR count). The van der Waals surface area contributed by atoms with Gasteiger partial charge in [0.2, 0.25) is 0 Å². The van der Waals surface area contributed by atoms with Gasteiger partial charge >= 0.3 is 0 Å². The highest BCUT2D eigenvalue weighted by atomic mass is 16.1. The summed E-state index contributed by atoms with van der Waals surface area (Å²) in [5.41, 5.74) is 6.11. The lowest BCUT2D eigenvalue weighted by Crippen LogP contribution is -2.01. The molecule has 0 amide bonds.